The van der Waals surface area contributed by atoms with Crippen LogP contribution >= 0.6 is 11.8 Å². The van der Waals surface area contributed by atoms with Crippen LogP contribution in [0.15, 0.2) is 52.4 Å². The minimum atomic E-state index is -0.850. The second kappa shape index (κ2) is 8.84. The third-order valence-electron chi connectivity index (χ3n) is 4.75. The van der Waals surface area contributed by atoms with Crippen LogP contribution in [0.5, 0.6) is 0 Å². The largest absolute Gasteiger partial charge is 0.323 e. The second-order valence-electron chi connectivity index (χ2n) is 6.91. The fourth-order valence-corrected chi connectivity index (χ4v) is 3.99. The molecule has 0 atom stereocenters. The number of carbonyl (C=O) groups excluding carboxylic acids is 1. The average Bonchev–Trinajstić information content (AvgIpc) is 3.18. The quantitative estimate of drug-likeness (QED) is 0.439. The Labute approximate surface area is 180 Å². The number of hydrogen-bond donors (Lipinski definition) is 1. The van der Waals surface area contributed by atoms with Crippen LogP contribution in [0, 0.1) is 11.6 Å². The Bertz CT molecular complexity index is 1330. The number of aryl methyl sites for hydroxylation is 1. The van der Waals surface area contributed by atoms with Crippen LogP contribution in [0.25, 0.3) is 16.7 Å². The molecule has 160 valence electrons. The van der Waals surface area contributed by atoms with E-state index in [1.165, 1.54) is 6.07 Å². The molecule has 2 aromatic heterocycles. The Morgan fingerprint density at radius 2 is 1.97 bits per heavy atom. The zero-order valence-electron chi connectivity index (χ0n) is 16.6. The van der Waals surface area contributed by atoms with Crippen molar-refractivity contribution in [2.75, 3.05) is 11.1 Å². The number of nitrogens with zero attached hydrogens (tertiary/aromatic N) is 4. The van der Waals surface area contributed by atoms with Gasteiger partial charge in [0.05, 0.1) is 22.3 Å². The van der Waals surface area contributed by atoms with Crippen LogP contribution in [-0.2, 0) is 11.3 Å². The smallest absolute Gasteiger partial charge is 0.262 e. The first-order valence-corrected chi connectivity index (χ1v) is 10.7. The molecule has 0 fully saturated rings. The van der Waals surface area contributed by atoms with Gasteiger partial charge >= 0.3 is 0 Å². The highest BCUT2D eigenvalue weighted by molar-refractivity contribution is 7.99. The number of amides is 1. The molecular formula is C21H19F2N5O2S. The molecule has 0 spiro atoms. The first-order chi connectivity index (χ1) is 15.0. The maximum atomic E-state index is 13.8. The lowest BCUT2D eigenvalue weighted by Crippen LogP contribution is -2.23. The van der Waals surface area contributed by atoms with E-state index < -0.39 is 17.5 Å². The fraction of sp³-hybridized carbons (Fsp3) is 0.238. The Kier molecular flexibility index (Phi) is 5.99. The van der Waals surface area contributed by atoms with Gasteiger partial charge in [0.25, 0.3) is 5.56 Å². The minimum Gasteiger partial charge on any atom is -0.323 e. The van der Waals surface area contributed by atoms with E-state index in [1.54, 1.807) is 27.2 Å². The number of fused-ring (bicyclic) bond motifs is 3. The predicted molar refractivity (Wildman–Crippen MR) is 115 cm³/mol. The van der Waals surface area contributed by atoms with Crippen LogP contribution < -0.4 is 10.9 Å². The Morgan fingerprint density at radius 3 is 2.74 bits per heavy atom. The molecule has 4 rings (SSSR count). The summed E-state index contributed by atoms with van der Waals surface area (Å²) >= 11 is 1.11. The van der Waals surface area contributed by atoms with Crippen LogP contribution in [0.4, 0.5) is 14.5 Å². The number of rotatable bonds is 7. The first-order valence-electron chi connectivity index (χ1n) is 9.74. The van der Waals surface area contributed by atoms with Gasteiger partial charge in [0, 0.05) is 12.6 Å². The monoisotopic (exact) mass is 443 g/mol. The number of aromatic nitrogens is 4. The van der Waals surface area contributed by atoms with Crippen LogP contribution in [0.1, 0.15) is 19.8 Å². The summed E-state index contributed by atoms with van der Waals surface area (Å²) in [5.74, 6) is -1.71. The molecule has 1 amide bonds. The van der Waals surface area contributed by atoms with E-state index >= 15 is 0 Å². The van der Waals surface area contributed by atoms with Gasteiger partial charge in [0.15, 0.2) is 5.16 Å². The Balaban J connectivity index is 1.64. The van der Waals surface area contributed by atoms with Crippen molar-refractivity contribution >= 4 is 40.0 Å². The van der Waals surface area contributed by atoms with Gasteiger partial charge in [-0.05, 0) is 30.7 Å². The molecule has 0 unspecified atom stereocenters. The Hall–Kier alpha value is -3.27. The average molecular weight is 443 g/mol. The van der Waals surface area contributed by atoms with E-state index in [-0.39, 0.29) is 17.0 Å². The van der Waals surface area contributed by atoms with Crippen molar-refractivity contribution in [3.63, 3.8) is 0 Å². The van der Waals surface area contributed by atoms with Crippen molar-refractivity contribution in [2.24, 2.45) is 0 Å². The molecule has 0 bridgehead atoms. The van der Waals surface area contributed by atoms with Gasteiger partial charge in [-0.15, -0.1) is 10.2 Å². The molecule has 31 heavy (non-hydrogen) atoms. The number of nitrogens with one attached hydrogen (secondary N) is 1. The second-order valence-corrected chi connectivity index (χ2v) is 7.85. The van der Waals surface area contributed by atoms with Gasteiger partial charge in [-0.2, -0.15) is 0 Å². The van der Waals surface area contributed by atoms with Gasteiger partial charge in [0.1, 0.15) is 11.6 Å². The SMILES string of the molecule is CCCCn1c(=O)c2ccccc2n2c(SCC(=O)Nc3ccc(F)cc3F)nnc12. The number of carbonyl (C=O) groups is 1. The molecule has 2 aromatic carbocycles. The van der Waals surface area contributed by atoms with Crippen LogP contribution in [0.3, 0.4) is 0 Å². The van der Waals surface area contributed by atoms with Crippen molar-refractivity contribution in [3.8, 4) is 0 Å². The van der Waals surface area contributed by atoms with E-state index in [0.29, 0.717) is 34.4 Å². The van der Waals surface area contributed by atoms with Gasteiger partial charge in [-0.25, -0.2) is 8.78 Å². The summed E-state index contributed by atoms with van der Waals surface area (Å²) in [4.78, 5) is 25.2. The number of unbranched alkanes of at least 4 members (excludes halogenated alkanes) is 1. The summed E-state index contributed by atoms with van der Waals surface area (Å²) in [7, 11) is 0. The summed E-state index contributed by atoms with van der Waals surface area (Å²) in [5, 5.41) is 11.8. The molecule has 0 saturated heterocycles. The normalized spacial score (nSPS) is 11.3. The minimum absolute atomic E-state index is 0.0694. The van der Waals surface area contributed by atoms with Crippen molar-refractivity contribution < 1.29 is 13.6 Å². The molecule has 2 heterocycles. The number of anilines is 1. The lowest BCUT2D eigenvalue weighted by atomic mass is 10.2. The molecular weight excluding hydrogens is 424 g/mol. The molecule has 7 nitrogen and oxygen atoms in total. The molecule has 0 saturated carbocycles. The molecule has 1 N–H and O–H groups in total. The maximum absolute atomic E-state index is 13.8. The molecule has 0 aliphatic rings. The molecule has 0 aliphatic heterocycles. The number of halogens is 2. The highest BCUT2D eigenvalue weighted by Gasteiger charge is 2.17. The first kappa shape index (κ1) is 21.0. The van der Waals surface area contributed by atoms with Crippen molar-refractivity contribution in [3.05, 3.63) is 64.5 Å². The van der Waals surface area contributed by atoms with Crippen molar-refractivity contribution in [1.82, 2.24) is 19.2 Å². The highest BCUT2D eigenvalue weighted by atomic mass is 32.2. The summed E-state index contributed by atoms with van der Waals surface area (Å²) < 4.78 is 30.2. The van der Waals surface area contributed by atoms with Gasteiger partial charge in [-0.1, -0.05) is 37.2 Å². The summed E-state index contributed by atoms with van der Waals surface area (Å²) in [6, 6.07) is 10.1. The third-order valence-corrected chi connectivity index (χ3v) is 5.68. The molecule has 10 heteroatoms. The molecule has 4 aromatic rings. The standard InChI is InChI=1S/C21H19F2N5O2S/c1-2-3-10-27-19(30)14-6-4-5-7-17(14)28-20(27)25-26-21(28)31-12-18(29)24-16-9-8-13(22)11-15(16)23/h4-9,11H,2-3,10,12H2,1H3,(H,24,29). The zero-order valence-corrected chi connectivity index (χ0v) is 17.5. The molecule has 0 radical (unpaired) electrons. The fourth-order valence-electron chi connectivity index (χ4n) is 3.25. The Morgan fingerprint density at radius 1 is 1.16 bits per heavy atom. The lowest BCUT2D eigenvalue weighted by Gasteiger charge is -2.11. The van der Waals surface area contributed by atoms with Gasteiger partial charge in [-0.3, -0.25) is 18.6 Å². The van der Waals surface area contributed by atoms with Crippen molar-refractivity contribution in [1.29, 1.82) is 0 Å². The zero-order chi connectivity index (χ0) is 22.0. The van der Waals surface area contributed by atoms with E-state index in [0.717, 1.165) is 30.7 Å². The van der Waals surface area contributed by atoms with Crippen LogP contribution in [-0.4, -0.2) is 30.8 Å². The summed E-state index contributed by atoms with van der Waals surface area (Å²) in [6.45, 7) is 2.55. The molecule has 0 aliphatic carbocycles. The maximum Gasteiger partial charge on any atom is 0.262 e. The van der Waals surface area contributed by atoms with E-state index in [1.807, 2.05) is 13.0 Å². The predicted octanol–water partition coefficient (Wildman–Crippen LogP) is 3.85. The van der Waals surface area contributed by atoms with Crippen molar-refractivity contribution in [2.45, 2.75) is 31.5 Å². The number of hydrogen-bond acceptors (Lipinski definition) is 5. The lowest BCUT2D eigenvalue weighted by molar-refractivity contribution is -0.113. The summed E-state index contributed by atoms with van der Waals surface area (Å²) in [5.41, 5.74) is 0.412. The number of para-hydroxylation sites is 1. The summed E-state index contributed by atoms with van der Waals surface area (Å²) in [6.07, 6.45) is 1.73. The van der Waals surface area contributed by atoms with E-state index in [9.17, 15) is 18.4 Å². The van der Waals surface area contributed by atoms with Gasteiger partial charge < -0.3 is 5.32 Å². The number of thioether (sulfide) groups is 1. The van der Waals surface area contributed by atoms with Crippen LogP contribution in [0.2, 0.25) is 0 Å². The third kappa shape index (κ3) is 4.15. The topological polar surface area (TPSA) is 81.3 Å². The van der Waals surface area contributed by atoms with E-state index in [4.69, 9.17) is 0 Å². The number of benzene rings is 2. The highest BCUT2D eigenvalue weighted by Crippen LogP contribution is 2.22. The van der Waals surface area contributed by atoms with Gasteiger partial charge in [0.2, 0.25) is 11.7 Å². The van der Waals surface area contributed by atoms with E-state index in [2.05, 4.69) is 15.5 Å².